The molecule has 0 bridgehead atoms. The molecule has 1 aromatic heterocycles. The quantitative estimate of drug-likeness (QED) is 0.914. The highest BCUT2D eigenvalue weighted by Crippen LogP contribution is 2.31. The molecule has 2 aromatic rings. The highest BCUT2D eigenvalue weighted by Gasteiger charge is 2.18. The molecule has 1 aromatic carbocycles. The molecule has 1 unspecified atom stereocenters. The zero-order chi connectivity index (χ0) is 11.7. The molecule has 0 saturated carbocycles. The number of benzene rings is 1. The van der Waals surface area contributed by atoms with Crippen molar-refractivity contribution in [2.24, 2.45) is 11.7 Å². The van der Waals surface area contributed by atoms with Gasteiger partial charge in [0.15, 0.2) is 0 Å². The van der Waals surface area contributed by atoms with Gasteiger partial charge in [-0.15, -0.1) is 0 Å². The predicted octanol–water partition coefficient (Wildman–Crippen LogP) is 4.24. The largest absolute Gasteiger partial charge is 0.459 e. The summed E-state index contributed by atoms with van der Waals surface area (Å²) < 4.78 is 6.83. The van der Waals surface area contributed by atoms with E-state index in [-0.39, 0.29) is 6.04 Å². The number of fused-ring (bicyclic) bond motifs is 1. The Morgan fingerprint density at radius 2 is 2.19 bits per heavy atom. The summed E-state index contributed by atoms with van der Waals surface area (Å²) in [5, 5.41) is 1.09. The SMILES string of the molecule is CCC(C)[C@@H](N)c1cc2c(Br)cccc2o1. The second-order valence-corrected chi connectivity index (χ2v) is 5.07. The number of rotatable bonds is 3. The molecular weight excluding hydrogens is 266 g/mol. The first kappa shape index (κ1) is 11.7. The summed E-state index contributed by atoms with van der Waals surface area (Å²) in [6.07, 6.45) is 1.05. The van der Waals surface area contributed by atoms with E-state index in [9.17, 15) is 0 Å². The van der Waals surface area contributed by atoms with Gasteiger partial charge in [-0.1, -0.05) is 42.3 Å². The summed E-state index contributed by atoms with van der Waals surface area (Å²) in [4.78, 5) is 0. The van der Waals surface area contributed by atoms with Crippen LogP contribution in [0, 0.1) is 5.92 Å². The van der Waals surface area contributed by atoms with Gasteiger partial charge in [0.1, 0.15) is 11.3 Å². The minimum Gasteiger partial charge on any atom is -0.459 e. The van der Waals surface area contributed by atoms with Gasteiger partial charge in [-0.25, -0.2) is 0 Å². The average molecular weight is 282 g/mol. The lowest BCUT2D eigenvalue weighted by atomic mass is 9.98. The minimum absolute atomic E-state index is 0.0238. The molecule has 0 aliphatic carbocycles. The van der Waals surface area contributed by atoms with Crippen LogP contribution >= 0.6 is 15.9 Å². The summed E-state index contributed by atoms with van der Waals surface area (Å²) in [6, 6.07) is 7.96. The highest BCUT2D eigenvalue weighted by atomic mass is 79.9. The van der Waals surface area contributed by atoms with Crippen LogP contribution in [0.3, 0.4) is 0 Å². The molecule has 0 aliphatic rings. The van der Waals surface area contributed by atoms with Crippen LogP contribution in [0.25, 0.3) is 11.0 Å². The van der Waals surface area contributed by atoms with Crippen molar-refractivity contribution in [2.45, 2.75) is 26.3 Å². The van der Waals surface area contributed by atoms with Gasteiger partial charge in [-0.3, -0.25) is 0 Å². The van der Waals surface area contributed by atoms with Crippen LogP contribution in [-0.4, -0.2) is 0 Å². The fourth-order valence-corrected chi connectivity index (χ4v) is 2.21. The van der Waals surface area contributed by atoms with Gasteiger partial charge < -0.3 is 10.2 Å². The molecule has 16 heavy (non-hydrogen) atoms. The average Bonchev–Trinajstić information content (AvgIpc) is 2.72. The van der Waals surface area contributed by atoms with Crippen LogP contribution in [0.4, 0.5) is 0 Å². The lowest BCUT2D eigenvalue weighted by Crippen LogP contribution is -2.17. The molecule has 0 aliphatic heterocycles. The monoisotopic (exact) mass is 281 g/mol. The maximum atomic E-state index is 6.15. The highest BCUT2D eigenvalue weighted by molar-refractivity contribution is 9.10. The lowest BCUT2D eigenvalue weighted by molar-refractivity contribution is 0.388. The summed E-state index contributed by atoms with van der Waals surface area (Å²) in [5.74, 6) is 1.30. The van der Waals surface area contributed by atoms with Crippen molar-refractivity contribution in [1.29, 1.82) is 0 Å². The maximum absolute atomic E-state index is 6.15. The Labute approximate surface area is 104 Å². The number of hydrogen-bond acceptors (Lipinski definition) is 2. The van der Waals surface area contributed by atoms with Crippen LogP contribution in [-0.2, 0) is 0 Å². The molecule has 0 spiro atoms. The van der Waals surface area contributed by atoms with Crippen molar-refractivity contribution in [1.82, 2.24) is 0 Å². The zero-order valence-electron chi connectivity index (χ0n) is 9.53. The molecule has 2 N–H and O–H groups in total. The number of nitrogens with two attached hydrogens (primary N) is 1. The number of hydrogen-bond donors (Lipinski definition) is 1. The molecule has 0 saturated heterocycles. The second kappa shape index (κ2) is 4.60. The second-order valence-electron chi connectivity index (χ2n) is 4.21. The Morgan fingerprint density at radius 1 is 1.44 bits per heavy atom. The fraction of sp³-hybridized carbons (Fsp3) is 0.385. The molecule has 2 nitrogen and oxygen atoms in total. The third kappa shape index (κ3) is 2.02. The molecule has 3 heteroatoms. The van der Waals surface area contributed by atoms with E-state index in [4.69, 9.17) is 10.2 Å². The van der Waals surface area contributed by atoms with Crippen molar-refractivity contribution < 1.29 is 4.42 Å². The van der Waals surface area contributed by atoms with Crippen LogP contribution in [0.1, 0.15) is 32.1 Å². The molecule has 1 heterocycles. The van der Waals surface area contributed by atoms with Gasteiger partial charge in [-0.2, -0.15) is 0 Å². The van der Waals surface area contributed by atoms with Gasteiger partial charge in [0.25, 0.3) is 0 Å². The fourth-order valence-electron chi connectivity index (χ4n) is 1.74. The zero-order valence-corrected chi connectivity index (χ0v) is 11.1. The first-order chi connectivity index (χ1) is 7.63. The molecule has 0 amide bonds. The van der Waals surface area contributed by atoms with E-state index in [1.54, 1.807) is 0 Å². The number of furan rings is 1. The van der Waals surface area contributed by atoms with E-state index in [0.29, 0.717) is 5.92 Å². The molecule has 2 rings (SSSR count). The Hall–Kier alpha value is -0.800. The van der Waals surface area contributed by atoms with E-state index in [1.807, 2.05) is 24.3 Å². The molecular formula is C13H16BrNO. The Bertz CT molecular complexity index is 492. The van der Waals surface area contributed by atoms with Crippen molar-refractivity contribution in [3.63, 3.8) is 0 Å². The first-order valence-corrected chi connectivity index (χ1v) is 6.36. The van der Waals surface area contributed by atoms with E-state index in [0.717, 1.165) is 27.6 Å². The lowest BCUT2D eigenvalue weighted by Gasteiger charge is -2.15. The summed E-state index contributed by atoms with van der Waals surface area (Å²) in [5.41, 5.74) is 7.05. The van der Waals surface area contributed by atoms with Crippen molar-refractivity contribution in [3.8, 4) is 0 Å². The van der Waals surface area contributed by atoms with Crippen molar-refractivity contribution in [3.05, 3.63) is 34.5 Å². The predicted molar refractivity (Wildman–Crippen MR) is 70.3 cm³/mol. The summed E-state index contributed by atoms with van der Waals surface area (Å²) >= 11 is 3.51. The standard InChI is InChI=1S/C13H16BrNO/c1-3-8(2)13(15)12-7-9-10(14)5-4-6-11(9)16-12/h4-8,13H,3,15H2,1-2H3/t8?,13-/m1/s1. The van der Waals surface area contributed by atoms with Crippen LogP contribution < -0.4 is 5.73 Å². The van der Waals surface area contributed by atoms with Gasteiger partial charge in [0, 0.05) is 9.86 Å². The molecule has 0 fully saturated rings. The van der Waals surface area contributed by atoms with Crippen LogP contribution in [0.5, 0.6) is 0 Å². The van der Waals surface area contributed by atoms with Gasteiger partial charge in [-0.05, 0) is 24.1 Å². The van der Waals surface area contributed by atoms with Crippen LogP contribution in [0.15, 0.2) is 33.2 Å². The van der Waals surface area contributed by atoms with Gasteiger partial charge in [0.2, 0.25) is 0 Å². The third-order valence-corrected chi connectivity index (χ3v) is 3.80. The Kier molecular flexibility index (Phi) is 3.36. The number of halogens is 1. The van der Waals surface area contributed by atoms with E-state index < -0.39 is 0 Å². The van der Waals surface area contributed by atoms with Gasteiger partial charge in [0.05, 0.1) is 6.04 Å². The summed E-state index contributed by atoms with van der Waals surface area (Å²) in [6.45, 7) is 4.29. The molecule has 2 atom stereocenters. The first-order valence-electron chi connectivity index (χ1n) is 5.57. The topological polar surface area (TPSA) is 39.2 Å². The van der Waals surface area contributed by atoms with Crippen LogP contribution in [0.2, 0.25) is 0 Å². The van der Waals surface area contributed by atoms with Crippen molar-refractivity contribution >= 4 is 26.9 Å². The summed E-state index contributed by atoms with van der Waals surface area (Å²) in [7, 11) is 0. The maximum Gasteiger partial charge on any atom is 0.135 e. The van der Waals surface area contributed by atoms with Gasteiger partial charge >= 0.3 is 0 Å². The van der Waals surface area contributed by atoms with E-state index in [1.165, 1.54) is 0 Å². The smallest absolute Gasteiger partial charge is 0.135 e. The molecule has 86 valence electrons. The van der Waals surface area contributed by atoms with E-state index >= 15 is 0 Å². The van der Waals surface area contributed by atoms with E-state index in [2.05, 4.69) is 29.8 Å². The Morgan fingerprint density at radius 3 is 2.81 bits per heavy atom. The normalized spacial score (nSPS) is 15.2. The Balaban J connectivity index is 2.43. The third-order valence-electron chi connectivity index (χ3n) is 3.11. The minimum atomic E-state index is -0.0238. The molecule has 0 radical (unpaired) electrons. The van der Waals surface area contributed by atoms with Crippen molar-refractivity contribution in [2.75, 3.05) is 0 Å².